The molecule has 158 valence electrons. The largest absolute Gasteiger partial charge is 0.465 e. The van der Waals surface area contributed by atoms with Crippen LogP contribution in [-0.4, -0.2) is 23.7 Å². The number of halogens is 2. The summed E-state index contributed by atoms with van der Waals surface area (Å²) >= 11 is 7.44. The molecule has 1 aromatic carbocycles. The van der Waals surface area contributed by atoms with Crippen LogP contribution in [0.15, 0.2) is 17.0 Å². The second kappa shape index (κ2) is 11.7. The molecule has 1 rings (SSSR count). The highest BCUT2D eigenvalue weighted by Crippen LogP contribution is 2.36. The van der Waals surface area contributed by atoms with E-state index in [1.807, 2.05) is 34.6 Å². The molecule has 0 saturated heterocycles. The molecular formula is C21H31ClFNO3S. The van der Waals surface area contributed by atoms with Gasteiger partial charge < -0.3 is 10.1 Å². The fraction of sp³-hybridized carbons (Fsp3) is 0.619. The number of rotatable bonds is 10. The van der Waals surface area contributed by atoms with E-state index in [1.165, 1.54) is 23.9 Å². The van der Waals surface area contributed by atoms with E-state index in [4.69, 9.17) is 16.3 Å². The maximum Gasteiger partial charge on any atom is 0.319 e. The van der Waals surface area contributed by atoms with E-state index in [2.05, 4.69) is 5.32 Å². The van der Waals surface area contributed by atoms with Gasteiger partial charge in [-0.25, -0.2) is 4.39 Å². The number of thioether (sulfide) groups is 1. The summed E-state index contributed by atoms with van der Waals surface area (Å²) in [6.07, 6.45) is 1.41. The van der Waals surface area contributed by atoms with Gasteiger partial charge in [0, 0.05) is 10.8 Å². The molecule has 1 N–H and O–H groups in total. The third-order valence-corrected chi connectivity index (χ3v) is 6.06. The van der Waals surface area contributed by atoms with Crippen LogP contribution in [0.1, 0.15) is 54.4 Å². The van der Waals surface area contributed by atoms with Crippen molar-refractivity contribution >= 4 is 40.9 Å². The van der Waals surface area contributed by atoms with Crippen molar-refractivity contribution < 1.29 is 18.7 Å². The van der Waals surface area contributed by atoms with Crippen LogP contribution in [0.2, 0.25) is 5.02 Å². The number of hydrogen-bond donors (Lipinski definition) is 1. The highest BCUT2D eigenvalue weighted by Gasteiger charge is 2.24. The lowest BCUT2D eigenvalue weighted by atomic mass is 9.97. The first-order valence-electron chi connectivity index (χ1n) is 9.69. The summed E-state index contributed by atoms with van der Waals surface area (Å²) < 4.78 is 19.7. The van der Waals surface area contributed by atoms with E-state index >= 15 is 0 Å². The molecule has 28 heavy (non-hydrogen) atoms. The van der Waals surface area contributed by atoms with Crippen LogP contribution in [0.3, 0.4) is 0 Å². The van der Waals surface area contributed by atoms with Crippen LogP contribution in [0.25, 0.3) is 0 Å². The van der Waals surface area contributed by atoms with Crippen LogP contribution in [0, 0.1) is 23.6 Å². The Kier molecular flexibility index (Phi) is 10.3. The smallest absolute Gasteiger partial charge is 0.319 e. The zero-order valence-electron chi connectivity index (χ0n) is 17.5. The second-order valence-electron chi connectivity index (χ2n) is 7.70. The lowest BCUT2D eigenvalue weighted by Gasteiger charge is -2.19. The molecule has 0 radical (unpaired) electrons. The van der Waals surface area contributed by atoms with Crippen molar-refractivity contribution in [2.24, 2.45) is 17.8 Å². The number of anilines is 1. The van der Waals surface area contributed by atoms with Crippen molar-refractivity contribution in [3.63, 3.8) is 0 Å². The maximum absolute atomic E-state index is 14.3. The van der Waals surface area contributed by atoms with Crippen molar-refractivity contribution in [3.05, 3.63) is 23.0 Å². The molecule has 2 atom stereocenters. The topological polar surface area (TPSA) is 55.4 Å². The number of nitrogens with one attached hydrogen (secondary N) is 1. The molecule has 0 saturated carbocycles. The van der Waals surface area contributed by atoms with Crippen LogP contribution in [0.4, 0.5) is 10.1 Å². The van der Waals surface area contributed by atoms with Crippen LogP contribution in [0.5, 0.6) is 0 Å². The van der Waals surface area contributed by atoms with E-state index < -0.39 is 11.1 Å². The number of benzene rings is 1. The number of esters is 1. The molecule has 0 aromatic heterocycles. The average molecular weight is 432 g/mol. The molecule has 0 heterocycles. The van der Waals surface area contributed by atoms with E-state index in [0.717, 1.165) is 6.42 Å². The minimum Gasteiger partial charge on any atom is -0.465 e. The fourth-order valence-corrected chi connectivity index (χ4v) is 3.71. The van der Waals surface area contributed by atoms with Crippen molar-refractivity contribution in [3.8, 4) is 0 Å². The van der Waals surface area contributed by atoms with Gasteiger partial charge >= 0.3 is 5.97 Å². The molecule has 0 aliphatic heterocycles. The highest BCUT2D eigenvalue weighted by molar-refractivity contribution is 8.00. The van der Waals surface area contributed by atoms with E-state index in [9.17, 15) is 14.0 Å². The van der Waals surface area contributed by atoms with Gasteiger partial charge in [0.1, 0.15) is 11.1 Å². The highest BCUT2D eigenvalue weighted by atomic mass is 35.5. The van der Waals surface area contributed by atoms with Gasteiger partial charge in [-0.2, -0.15) is 0 Å². The van der Waals surface area contributed by atoms with Crippen molar-refractivity contribution in [2.45, 2.75) is 64.5 Å². The molecular weight excluding hydrogens is 401 g/mol. The Morgan fingerprint density at radius 2 is 1.86 bits per heavy atom. The minimum atomic E-state index is -0.604. The monoisotopic (exact) mass is 431 g/mol. The van der Waals surface area contributed by atoms with Gasteiger partial charge in [-0.15, -0.1) is 11.8 Å². The third kappa shape index (κ3) is 7.63. The summed E-state index contributed by atoms with van der Waals surface area (Å²) in [6, 6.07) is 2.66. The zero-order chi connectivity index (χ0) is 21.4. The minimum absolute atomic E-state index is 0.0650. The molecule has 4 nitrogen and oxygen atoms in total. The number of ether oxygens (including phenoxy) is 1. The van der Waals surface area contributed by atoms with Gasteiger partial charge in [-0.1, -0.05) is 59.6 Å². The zero-order valence-corrected chi connectivity index (χ0v) is 19.0. The number of carbonyl (C=O) groups is 2. The summed E-state index contributed by atoms with van der Waals surface area (Å²) in [5.41, 5.74) is 0.0650. The van der Waals surface area contributed by atoms with Crippen molar-refractivity contribution in [1.29, 1.82) is 0 Å². The maximum atomic E-state index is 14.3. The summed E-state index contributed by atoms with van der Waals surface area (Å²) in [5.74, 6) is -1.05. The Labute approximate surface area is 176 Å². The van der Waals surface area contributed by atoms with Gasteiger partial charge in [0.05, 0.1) is 17.3 Å². The summed E-state index contributed by atoms with van der Waals surface area (Å²) in [6.45, 7) is 11.9. The van der Waals surface area contributed by atoms with Gasteiger partial charge in [-0.3, -0.25) is 9.59 Å². The second-order valence-corrected chi connectivity index (χ2v) is 9.36. The average Bonchev–Trinajstić information content (AvgIpc) is 2.61. The summed E-state index contributed by atoms with van der Waals surface area (Å²) in [7, 11) is 0. The molecule has 0 spiro atoms. The number of carbonyl (C=O) groups excluding carboxylic acids is 2. The summed E-state index contributed by atoms with van der Waals surface area (Å²) in [4.78, 5) is 25.2. The van der Waals surface area contributed by atoms with Crippen LogP contribution >= 0.6 is 23.4 Å². The Morgan fingerprint density at radius 1 is 1.21 bits per heavy atom. The molecule has 1 amide bonds. The Hall–Kier alpha value is -1.27. The molecule has 0 bridgehead atoms. The molecule has 0 aliphatic rings. The van der Waals surface area contributed by atoms with Crippen LogP contribution in [-0.2, 0) is 14.3 Å². The quantitative estimate of drug-likeness (QED) is 0.355. The molecule has 1 aromatic rings. The van der Waals surface area contributed by atoms with Gasteiger partial charge in [0.25, 0.3) is 0 Å². The van der Waals surface area contributed by atoms with Gasteiger partial charge in [0.2, 0.25) is 5.91 Å². The molecule has 2 unspecified atom stereocenters. The van der Waals surface area contributed by atoms with Gasteiger partial charge in [0.15, 0.2) is 0 Å². The lowest BCUT2D eigenvalue weighted by molar-refractivity contribution is -0.144. The standard InChI is InChI=1S/C21H31ClFNO3S/c1-7-8-18(21(26)27-11-12(2)3)28-19-10-17(16(23)9-15(19)22)24-20(25)14(6)13(4)5/h9-10,12-14,18H,7-8,11H2,1-6H3,(H,24,25). The Morgan fingerprint density at radius 3 is 2.39 bits per heavy atom. The number of hydrogen-bond acceptors (Lipinski definition) is 4. The molecule has 7 heteroatoms. The number of amides is 1. The fourth-order valence-electron chi connectivity index (χ4n) is 2.25. The van der Waals surface area contributed by atoms with Crippen LogP contribution < -0.4 is 5.32 Å². The first-order chi connectivity index (χ1) is 13.1. The van der Waals surface area contributed by atoms with Gasteiger partial charge in [-0.05, 0) is 30.4 Å². The van der Waals surface area contributed by atoms with Crippen molar-refractivity contribution in [1.82, 2.24) is 0 Å². The molecule has 0 aliphatic carbocycles. The third-order valence-electron chi connectivity index (χ3n) is 4.33. The van der Waals surface area contributed by atoms with E-state index in [-0.39, 0.29) is 40.3 Å². The predicted octanol–water partition coefficient (Wildman–Crippen LogP) is 6.17. The predicted molar refractivity (Wildman–Crippen MR) is 114 cm³/mol. The molecule has 0 fully saturated rings. The Balaban J connectivity index is 3.02. The van der Waals surface area contributed by atoms with Crippen molar-refractivity contribution in [2.75, 3.05) is 11.9 Å². The first-order valence-corrected chi connectivity index (χ1v) is 11.0. The summed E-state index contributed by atoms with van der Waals surface area (Å²) in [5, 5.41) is 2.40. The van der Waals surface area contributed by atoms with E-state index in [1.54, 1.807) is 6.92 Å². The van der Waals surface area contributed by atoms with E-state index in [0.29, 0.717) is 17.9 Å². The Bertz CT molecular complexity index is 682. The lowest BCUT2D eigenvalue weighted by Crippen LogP contribution is -2.25. The first kappa shape index (κ1) is 24.8. The normalized spacial score (nSPS) is 13.5. The SMILES string of the molecule is CCCC(Sc1cc(NC(=O)C(C)C(C)C)c(F)cc1Cl)C(=O)OCC(C)C.